The molecule has 1 fully saturated rings. The first kappa shape index (κ1) is 31.3. The number of likely N-dealkylation sites (tertiary alicyclic amines) is 1. The molecule has 45 heavy (non-hydrogen) atoms. The van der Waals surface area contributed by atoms with Crippen LogP contribution in [-0.4, -0.2) is 78.2 Å². The highest BCUT2D eigenvalue weighted by Gasteiger charge is 2.37. The molecule has 2 N–H and O–H groups in total. The highest BCUT2D eigenvalue weighted by atomic mass is 16.2. The van der Waals surface area contributed by atoms with Crippen molar-refractivity contribution >= 4 is 40.2 Å². The number of nitrogens with zero attached hydrogens (tertiary/aromatic N) is 3. The fourth-order valence-electron chi connectivity index (χ4n) is 5.76. The summed E-state index contributed by atoms with van der Waals surface area (Å²) in [5.74, 6) is -0.839. The van der Waals surface area contributed by atoms with Gasteiger partial charge in [-0.1, -0.05) is 84.9 Å². The number of rotatable bonds is 9. The van der Waals surface area contributed by atoms with Crippen molar-refractivity contribution in [3.05, 3.63) is 114 Å². The van der Waals surface area contributed by atoms with Gasteiger partial charge in [0.25, 0.3) is 5.91 Å². The largest absolute Gasteiger partial charge is 0.345 e. The SMILES string of the molecule is CN(C)C(=O)c1ccccc1NC(=O)N1CCC[C@H]1C(=O)N[C@@H](Cc1ccc2ccccc2c1)C(=O)N(C)Cc1ccccc1. The number of likely N-dealkylation sites (N-methyl/N-ethyl adjacent to an activating group) is 1. The van der Waals surface area contributed by atoms with Gasteiger partial charge in [-0.25, -0.2) is 4.79 Å². The summed E-state index contributed by atoms with van der Waals surface area (Å²) in [7, 11) is 5.03. The Morgan fingerprint density at radius 1 is 0.822 bits per heavy atom. The molecule has 9 heteroatoms. The molecule has 0 saturated carbocycles. The maximum Gasteiger partial charge on any atom is 0.322 e. The first-order valence-corrected chi connectivity index (χ1v) is 15.2. The van der Waals surface area contributed by atoms with Gasteiger partial charge in [0.05, 0.1) is 11.3 Å². The summed E-state index contributed by atoms with van der Waals surface area (Å²) < 4.78 is 0. The standard InChI is InChI=1S/C36H39N5O4/c1-39(2)34(43)29-16-9-10-17-30(29)38-36(45)41-21-11-18-32(41)33(42)37-31(35(44)40(3)24-25-12-5-4-6-13-25)23-26-19-20-27-14-7-8-15-28(27)22-26/h4-10,12-17,19-20,22,31-32H,11,18,21,23-24H2,1-3H3,(H,37,42)(H,38,45)/t31-,32-/m0/s1. The number of carbonyl (C=O) groups is 4. The van der Waals surface area contributed by atoms with Gasteiger partial charge in [0.1, 0.15) is 12.1 Å². The molecule has 1 aliphatic heterocycles. The molecule has 0 radical (unpaired) electrons. The average Bonchev–Trinajstić information content (AvgIpc) is 3.55. The van der Waals surface area contributed by atoms with Gasteiger partial charge in [-0.3, -0.25) is 14.4 Å². The predicted octanol–water partition coefficient (Wildman–Crippen LogP) is 4.92. The zero-order valence-corrected chi connectivity index (χ0v) is 25.9. The third-order valence-corrected chi connectivity index (χ3v) is 8.13. The number of urea groups is 1. The van der Waals surface area contributed by atoms with E-state index in [0.717, 1.165) is 21.9 Å². The molecule has 2 atom stereocenters. The van der Waals surface area contributed by atoms with Crippen molar-refractivity contribution in [3.8, 4) is 0 Å². The van der Waals surface area contributed by atoms with Crippen LogP contribution in [0.15, 0.2) is 97.1 Å². The molecule has 0 bridgehead atoms. The third kappa shape index (κ3) is 7.49. The number of carbonyl (C=O) groups excluding carboxylic acids is 4. The van der Waals surface area contributed by atoms with Crippen LogP contribution in [0, 0.1) is 0 Å². The number of fused-ring (bicyclic) bond motifs is 1. The third-order valence-electron chi connectivity index (χ3n) is 8.13. The highest BCUT2D eigenvalue weighted by molar-refractivity contribution is 6.04. The molecule has 0 aliphatic carbocycles. The molecule has 5 rings (SSSR count). The number of hydrogen-bond donors (Lipinski definition) is 2. The van der Waals surface area contributed by atoms with Gasteiger partial charge in [-0.15, -0.1) is 0 Å². The van der Waals surface area contributed by atoms with Crippen molar-refractivity contribution in [3.63, 3.8) is 0 Å². The molecule has 1 heterocycles. The number of nitrogens with one attached hydrogen (secondary N) is 2. The van der Waals surface area contributed by atoms with E-state index in [1.54, 1.807) is 50.3 Å². The van der Waals surface area contributed by atoms with Crippen LogP contribution in [-0.2, 0) is 22.6 Å². The van der Waals surface area contributed by atoms with Gasteiger partial charge in [-0.2, -0.15) is 0 Å². The smallest absolute Gasteiger partial charge is 0.322 e. The lowest BCUT2D eigenvalue weighted by Crippen LogP contribution is -2.54. The molecule has 5 amide bonds. The molecule has 0 spiro atoms. The summed E-state index contributed by atoms with van der Waals surface area (Å²) >= 11 is 0. The van der Waals surface area contributed by atoms with E-state index in [0.29, 0.717) is 43.6 Å². The molecule has 1 saturated heterocycles. The minimum Gasteiger partial charge on any atom is -0.345 e. The number of para-hydroxylation sites is 1. The van der Waals surface area contributed by atoms with E-state index in [9.17, 15) is 19.2 Å². The Bertz CT molecular complexity index is 1690. The monoisotopic (exact) mass is 605 g/mol. The van der Waals surface area contributed by atoms with Crippen LogP contribution in [0.4, 0.5) is 10.5 Å². The van der Waals surface area contributed by atoms with Crippen LogP contribution >= 0.6 is 0 Å². The van der Waals surface area contributed by atoms with Gasteiger partial charge in [0.2, 0.25) is 11.8 Å². The Morgan fingerprint density at radius 2 is 1.51 bits per heavy atom. The van der Waals surface area contributed by atoms with E-state index < -0.39 is 18.1 Å². The first-order chi connectivity index (χ1) is 21.7. The molecule has 4 aromatic rings. The predicted molar refractivity (Wildman–Crippen MR) is 176 cm³/mol. The van der Waals surface area contributed by atoms with E-state index >= 15 is 0 Å². The molecular weight excluding hydrogens is 566 g/mol. The minimum atomic E-state index is -0.837. The van der Waals surface area contributed by atoms with Crippen LogP contribution in [0.2, 0.25) is 0 Å². The number of amides is 5. The van der Waals surface area contributed by atoms with Crippen molar-refractivity contribution in [2.24, 2.45) is 0 Å². The second kappa shape index (κ2) is 14.1. The Kier molecular flexibility index (Phi) is 9.77. The van der Waals surface area contributed by atoms with Crippen molar-refractivity contribution < 1.29 is 19.2 Å². The molecular formula is C36H39N5O4. The second-order valence-corrected chi connectivity index (χ2v) is 11.7. The van der Waals surface area contributed by atoms with Gasteiger partial charge in [0.15, 0.2) is 0 Å². The van der Waals surface area contributed by atoms with Gasteiger partial charge in [0, 0.05) is 40.7 Å². The van der Waals surface area contributed by atoms with Crippen molar-refractivity contribution in [2.45, 2.75) is 37.9 Å². The van der Waals surface area contributed by atoms with Crippen LogP contribution in [0.3, 0.4) is 0 Å². The molecule has 0 unspecified atom stereocenters. The quantitative estimate of drug-likeness (QED) is 0.283. The van der Waals surface area contributed by atoms with Crippen LogP contribution in [0.1, 0.15) is 34.3 Å². The maximum atomic E-state index is 13.9. The number of benzene rings is 4. The number of hydrogen-bond acceptors (Lipinski definition) is 4. The zero-order chi connectivity index (χ0) is 31.9. The minimum absolute atomic E-state index is 0.217. The first-order valence-electron chi connectivity index (χ1n) is 15.2. The Labute approximate surface area is 263 Å². The van der Waals surface area contributed by atoms with Crippen LogP contribution < -0.4 is 10.6 Å². The highest BCUT2D eigenvalue weighted by Crippen LogP contribution is 2.23. The summed E-state index contributed by atoms with van der Waals surface area (Å²) in [4.78, 5) is 58.4. The van der Waals surface area contributed by atoms with Crippen molar-refractivity contribution in [1.82, 2.24) is 20.0 Å². The summed E-state index contributed by atoms with van der Waals surface area (Å²) in [6, 6.07) is 28.5. The normalized spacial score (nSPS) is 14.9. The van der Waals surface area contributed by atoms with E-state index in [-0.39, 0.29) is 17.7 Å². The van der Waals surface area contributed by atoms with Gasteiger partial charge < -0.3 is 25.3 Å². The van der Waals surface area contributed by atoms with Crippen LogP contribution in [0.25, 0.3) is 10.8 Å². The average molecular weight is 606 g/mol. The summed E-state index contributed by atoms with van der Waals surface area (Å²) in [6.45, 7) is 0.776. The lowest BCUT2D eigenvalue weighted by molar-refractivity contribution is -0.136. The number of anilines is 1. The lowest BCUT2D eigenvalue weighted by Gasteiger charge is -2.29. The van der Waals surface area contributed by atoms with E-state index in [4.69, 9.17) is 0 Å². The Hall–Kier alpha value is -5.18. The summed E-state index contributed by atoms with van der Waals surface area (Å²) in [6.07, 6.45) is 1.41. The fraction of sp³-hybridized carbons (Fsp3) is 0.278. The molecule has 1 aliphatic rings. The maximum absolute atomic E-state index is 13.9. The van der Waals surface area contributed by atoms with Crippen molar-refractivity contribution in [2.75, 3.05) is 33.0 Å². The topological polar surface area (TPSA) is 102 Å². The van der Waals surface area contributed by atoms with Gasteiger partial charge >= 0.3 is 6.03 Å². The van der Waals surface area contributed by atoms with E-state index in [2.05, 4.69) is 10.6 Å². The van der Waals surface area contributed by atoms with E-state index in [1.165, 1.54) is 9.80 Å². The van der Waals surface area contributed by atoms with E-state index in [1.807, 2.05) is 72.8 Å². The zero-order valence-electron chi connectivity index (χ0n) is 25.9. The molecule has 232 valence electrons. The van der Waals surface area contributed by atoms with Crippen LogP contribution in [0.5, 0.6) is 0 Å². The molecule has 4 aromatic carbocycles. The van der Waals surface area contributed by atoms with Gasteiger partial charge in [-0.05, 0) is 46.9 Å². The Morgan fingerprint density at radius 3 is 2.27 bits per heavy atom. The summed E-state index contributed by atoms with van der Waals surface area (Å²) in [5, 5.41) is 7.98. The second-order valence-electron chi connectivity index (χ2n) is 11.7. The fourth-order valence-corrected chi connectivity index (χ4v) is 5.76. The summed E-state index contributed by atoms with van der Waals surface area (Å²) in [5.41, 5.74) is 2.64. The van der Waals surface area contributed by atoms with Crippen molar-refractivity contribution in [1.29, 1.82) is 0 Å². The Balaban J connectivity index is 1.34. The lowest BCUT2D eigenvalue weighted by atomic mass is 10.00. The molecule has 0 aromatic heterocycles. The molecule has 9 nitrogen and oxygen atoms in total.